The molecule has 7 heteroatoms. The number of hydrogen-bond donors (Lipinski definition) is 2. The van der Waals surface area contributed by atoms with Gasteiger partial charge in [0.05, 0.1) is 17.9 Å². The number of hydrogen-bond acceptors (Lipinski definition) is 2. The molecule has 4 nitrogen and oxygen atoms in total. The third-order valence-corrected chi connectivity index (χ3v) is 5.53. The van der Waals surface area contributed by atoms with Gasteiger partial charge in [0.25, 0.3) is 0 Å². The van der Waals surface area contributed by atoms with Crippen molar-refractivity contribution in [2.24, 2.45) is 0 Å². The zero-order chi connectivity index (χ0) is 20.6. The zero-order valence-corrected chi connectivity index (χ0v) is 15.9. The lowest BCUT2D eigenvalue weighted by Gasteiger charge is -2.28. The summed E-state index contributed by atoms with van der Waals surface area (Å²) in [6.07, 6.45) is -1.22. The van der Waals surface area contributed by atoms with Gasteiger partial charge in [-0.2, -0.15) is 13.2 Å². The topological polar surface area (TPSA) is 54.1 Å². The number of H-pyrrole nitrogens is 1. The van der Waals surface area contributed by atoms with E-state index in [9.17, 15) is 18.0 Å². The third kappa shape index (κ3) is 3.87. The van der Waals surface area contributed by atoms with Gasteiger partial charge in [-0.05, 0) is 48.2 Å². The van der Waals surface area contributed by atoms with E-state index in [4.69, 9.17) is 4.74 Å². The number of nitrogens with one attached hydrogen (secondary N) is 2. The van der Waals surface area contributed by atoms with Crippen molar-refractivity contribution in [2.75, 3.05) is 18.5 Å². The number of rotatable bonds is 4. The van der Waals surface area contributed by atoms with Crippen molar-refractivity contribution in [3.05, 3.63) is 65.4 Å². The lowest BCUT2D eigenvalue weighted by molar-refractivity contribution is -0.137. The van der Waals surface area contributed by atoms with Gasteiger partial charge in [0.1, 0.15) is 0 Å². The van der Waals surface area contributed by atoms with Crippen LogP contribution in [0.25, 0.3) is 10.9 Å². The predicted octanol–water partition coefficient (Wildman–Crippen LogP) is 5.05. The molecule has 1 aliphatic heterocycles. The average molecular weight is 402 g/mol. The number of ether oxygens (including phenoxy) is 1. The SMILES string of the molecule is CC(=O)Nc1c[nH]c2ccc(CC3(c4ccc(C(F)(F)F)cc4)CCOC3)cc12. The first-order valence-electron chi connectivity index (χ1n) is 9.40. The largest absolute Gasteiger partial charge is 0.416 e. The van der Waals surface area contributed by atoms with Gasteiger partial charge in [-0.1, -0.05) is 18.2 Å². The minimum atomic E-state index is -4.35. The maximum absolute atomic E-state index is 12.9. The number of aromatic nitrogens is 1. The Morgan fingerprint density at radius 2 is 1.97 bits per heavy atom. The fourth-order valence-corrected chi connectivity index (χ4v) is 4.05. The number of amides is 1. The maximum Gasteiger partial charge on any atom is 0.416 e. The van der Waals surface area contributed by atoms with Crippen molar-refractivity contribution < 1.29 is 22.7 Å². The molecule has 1 aliphatic rings. The number of anilines is 1. The molecule has 2 heterocycles. The van der Waals surface area contributed by atoms with Gasteiger partial charge < -0.3 is 15.0 Å². The van der Waals surface area contributed by atoms with E-state index in [1.54, 1.807) is 18.3 Å². The molecule has 152 valence electrons. The monoisotopic (exact) mass is 402 g/mol. The molecule has 3 aromatic rings. The lowest BCUT2D eigenvalue weighted by Crippen LogP contribution is -2.29. The minimum Gasteiger partial charge on any atom is -0.380 e. The first-order chi connectivity index (χ1) is 13.8. The molecule has 1 aromatic heterocycles. The molecule has 0 aliphatic carbocycles. The molecular formula is C22H21F3N2O2. The van der Waals surface area contributed by atoms with Crippen molar-refractivity contribution in [1.82, 2.24) is 4.98 Å². The Morgan fingerprint density at radius 3 is 2.59 bits per heavy atom. The van der Waals surface area contributed by atoms with Gasteiger partial charge in [0.15, 0.2) is 0 Å². The van der Waals surface area contributed by atoms with E-state index in [1.165, 1.54) is 6.92 Å². The van der Waals surface area contributed by atoms with Crippen LogP contribution in [0, 0.1) is 0 Å². The van der Waals surface area contributed by atoms with E-state index < -0.39 is 11.7 Å². The quantitative estimate of drug-likeness (QED) is 0.642. The van der Waals surface area contributed by atoms with Gasteiger partial charge in [-0.25, -0.2) is 0 Å². The first-order valence-corrected chi connectivity index (χ1v) is 9.40. The minimum absolute atomic E-state index is 0.151. The fraction of sp³-hybridized carbons (Fsp3) is 0.318. The summed E-state index contributed by atoms with van der Waals surface area (Å²) in [4.78, 5) is 14.6. The Labute approximate surface area is 166 Å². The number of fused-ring (bicyclic) bond motifs is 1. The molecule has 0 bridgehead atoms. The van der Waals surface area contributed by atoms with E-state index in [2.05, 4.69) is 10.3 Å². The van der Waals surface area contributed by atoms with E-state index in [0.717, 1.165) is 40.6 Å². The highest BCUT2D eigenvalue weighted by Crippen LogP contribution is 2.39. The van der Waals surface area contributed by atoms with Gasteiger partial charge in [-0.3, -0.25) is 4.79 Å². The summed E-state index contributed by atoms with van der Waals surface area (Å²) in [6.45, 7) is 2.49. The number of aromatic amines is 1. The van der Waals surface area contributed by atoms with Crippen LogP contribution in [-0.2, 0) is 27.5 Å². The molecule has 0 radical (unpaired) electrons. The number of alkyl halides is 3. The molecule has 1 fully saturated rings. The summed E-state index contributed by atoms with van der Waals surface area (Å²) in [5.74, 6) is -0.151. The number of halogens is 3. The molecule has 2 aromatic carbocycles. The Kier molecular flexibility index (Phi) is 4.86. The molecular weight excluding hydrogens is 381 g/mol. The van der Waals surface area contributed by atoms with E-state index in [-0.39, 0.29) is 11.3 Å². The fourth-order valence-electron chi connectivity index (χ4n) is 4.05. The highest BCUT2D eigenvalue weighted by Gasteiger charge is 2.38. The molecule has 1 atom stereocenters. The van der Waals surface area contributed by atoms with Crippen molar-refractivity contribution in [2.45, 2.75) is 31.4 Å². The highest BCUT2D eigenvalue weighted by atomic mass is 19.4. The van der Waals surface area contributed by atoms with Gasteiger partial charge in [0.2, 0.25) is 5.91 Å². The van der Waals surface area contributed by atoms with Gasteiger partial charge in [-0.15, -0.1) is 0 Å². The third-order valence-electron chi connectivity index (χ3n) is 5.53. The Hall–Kier alpha value is -2.80. The van der Waals surface area contributed by atoms with Crippen LogP contribution in [0.5, 0.6) is 0 Å². The van der Waals surface area contributed by atoms with Crippen LogP contribution in [0.1, 0.15) is 30.0 Å². The number of benzene rings is 2. The Morgan fingerprint density at radius 1 is 1.21 bits per heavy atom. The summed E-state index contributed by atoms with van der Waals surface area (Å²) in [7, 11) is 0. The van der Waals surface area contributed by atoms with Crippen molar-refractivity contribution in [1.29, 1.82) is 0 Å². The van der Waals surface area contributed by atoms with Crippen molar-refractivity contribution in [3.63, 3.8) is 0 Å². The molecule has 0 saturated carbocycles. The second kappa shape index (κ2) is 7.22. The molecule has 2 N–H and O–H groups in total. The first kappa shape index (κ1) is 19.5. The maximum atomic E-state index is 12.9. The molecule has 0 spiro atoms. The molecule has 4 rings (SSSR count). The Balaban J connectivity index is 1.67. The second-order valence-corrected chi connectivity index (χ2v) is 7.60. The average Bonchev–Trinajstić information content (AvgIpc) is 3.29. The normalized spacial score (nSPS) is 19.6. The predicted molar refractivity (Wildman–Crippen MR) is 105 cm³/mol. The van der Waals surface area contributed by atoms with Crippen LogP contribution in [0.3, 0.4) is 0 Å². The number of carbonyl (C=O) groups excluding carboxylic acids is 1. The number of carbonyl (C=O) groups is 1. The standard InChI is InChI=1S/C22H21F3N2O2/c1-14(28)27-20-12-26-19-7-2-15(10-18(19)20)11-21(8-9-29-13-21)16-3-5-17(6-4-16)22(23,24)25/h2-7,10,12,26H,8-9,11,13H2,1H3,(H,27,28). The zero-order valence-electron chi connectivity index (χ0n) is 15.9. The van der Waals surface area contributed by atoms with Crippen LogP contribution in [-0.4, -0.2) is 24.1 Å². The summed E-state index contributed by atoms with van der Waals surface area (Å²) >= 11 is 0. The summed E-state index contributed by atoms with van der Waals surface area (Å²) < 4.78 is 44.4. The highest BCUT2D eigenvalue weighted by molar-refractivity contribution is 6.01. The van der Waals surface area contributed by atoms with E-state index >= 15 is 0 Å². The molecule has 1 amide bonds. The van der Waals surface area contributed by atoms with Gasteiger partial charge >= 0.3 is 6.18 Å². The van der Waals surface area contributed by atoms with Crippen molar-refractivity contribution >= 4 is 22.5 Å². The van der Waals surface area contributed by atoms with Crippen LogP contribution in [0.4, 0.5) is 18.9 Å². The summed E-state index contributed by atoms with van der Waals surface area (Å²) in [6, 6.07) is 11.4. The summed E-state index contributed by atoms with van der Waals surface area (Å²) in [5.41, 5.74) is 2.48. The van der Waals surface area contributed by atoms with Crippen LogP contribution in [0.2, 0.25) is 0 Å². The molecule has 1 saturated heterocycles. The smallest absolute Gasteiger partial charge is 0.380 e. The van der Waals surface area contributed by atoms with Gasteiger partial charge in [0, 0.05) is 36.0 Å². The Bertz CT molecular complexity index is 1030. The molecule has 29 heavy (non-hydrogen) atoms. The van der Waals surface area contributed by atoms with E-state index in [0.29, 0.717) is 25.3 Å². The van der Waals surface area contributed by atoms with Crippen LogP contribution in [0.15, 0.2) is 48.7 Å². The van der Waals surface area contributed by atoms with Crippen LogP contribution >= 0.6 is 0 Å². The van der Waals surface area contributed by atoms with Crippen LogP contribution < -0.4 is 5.32 Å². The van der Waals surface area contributed by atoms with E-state index in [1.807, 2.05) is 18.2 Å². The second-order valence-electron chi connectivity index (χ2n) is 7.60. The summed E-state index contributed by atoms with van der Waals surface area (Å²) in [5, 5.41) is 3.71. The molecule has 1 unspecified atom stereocenters. The van der Waals surface area contributed by atoms with Crippen molar-refractivity contribution in [3.8, 4) is 0 Å². The lowest BCUT2D eigenvalue weighted by atomic mass is 9.75.